The maximum atomic E-state index is 13.6. The van der Waals surface area contributed by atoms with Crippen LogP contribution in [0.2, 0.25) is 5.02 Å². The molecule has 0 fully saturated rings. The van der Waals surface area contributed by atoms with Crippen molar-refractivity contribution in [1.29, 1.82) is 0 Å². The van der Waals surface area contributed by atoms with Crippen molar-refractivity contribution in [3.63, 3.8) is 0 Å². The van der Waals surface area contributed by atoms with E-state index in [1.165, 1.54) is 6.07 Å². The SMILES string of the molecule is O=C(Nc1ccc(NCc2ccccc2F)cc1)c1ccc(Cl)cc1. The quantitative estimate of drug-likeness (QED) is 0.649. The van der Waals surface area contributed by atoms with Gasteiger partial charge in [0.25, 0.3) is 5.91 Å². The third-order valence-corrected chi connectivity index (χ3v) is 3.94. The van der Waals surface area contributed by atoms with Crippen molar-refractivity contribution < 1.29 is 9.18 Å². The molecule has 0 saturated heterocycles. The van der Waals surface area contributed by atoms with Crippen molar-refractivity contribution in [3.05, 3.63) is 94.8 Å². The Morgan fingerprint density at radius 1 is 0.880 bits per heavy atom. The molecule has 0 saturated carbocycles. The molecule has 0 unspecified atom stereocenters. The minimum absolute atomic E-state index is 0.205. The highest BCUT2D eigenvalue weighted by Gasteiger charge is 2.06. The fraction of sp³-hybridized carbons (Fsp3) is 0.0500. The molecule has 0 aliphatic rings. The van der Waals surface area contributed by atoms with Crippen LogP contribution in [0, 0.1) is 5.82 Å². The van der Waals surface area contributed by atoms with Crippen molar-refractivity contribution in [2.24, 2.45) is 0 Å². The molecular weight excluding hydrogens is 339 g/mol. The predicted molar refractivity (Wildman–Crippen MR) is 99.6 cm³/mol. The summed E-state index contributed by atoms with van der Waals surface area (Å²) in [5, 5.41) is 6.56. The van der Waals surface area contributed by atoms with E-state index in [1.54, 1.807) is 54.6 Å². The summed E-state index contributed by atoms with van der Waals surface area (Å²) in [6.45, 7) is 0.392. The summed E-state index contributed by atoms with van der Waals surface area (Å²) < 4.78 is 13.6. The number of anilines is 2. The Kier molecular flexibility index (Phi) is 5.31. The highest BCUT2D eigenvalue weighted by Crippen LogP contribution is 2.17. The Morgan fingerprint density at radius 3 is 2.20 bits per heavy atom. The van der Waals surface area contributed by atoms with E-state index in [0.29, 0.717) is 28.4 Å². The zero-order valence-corrected chi connectivity index (χ0v) is 14.1. The number of hydrogen-bond acceptors (Lipinski definition) is 2. The van der Waals surface area contributed by atoms with E-state index in [2.05, 4.69) is 10.6 Å². The maximum Gasteiger partial charge on any atom is 0.255 e. The predicted octanol–water partition coefficient (Wildman–Crippen LogP) is 5.34. The minimum Gasteiger partial charge on any atom is -0.381 e. The number of benzene rings is 3. The molecule has 0 aliphatic carbocycles. The van der Waals surface area contributed by atoms with Gasteiger partial charge in [0.2, 0.25) is 0 Å². The van der Waals surface area contributed by atoms with Gasteiger partial charge >= 0.3 is 0 Å². The van der Waals surface area contributed by atoms with Gasteiger partial charge in [0, 0.05) is 34.1 Å². The summed E-state index contributed by atoms with van der Waals surface area (Å²) in [6, 6.07) is 20.6. The second-order valence-electron chi connectivity index (χ2n) is 5.48. The molecule has 25 heavy (non-hydrogen) atoms. The van der Waals surface area contributed by atoms with E-state index in [-0.39, 0.29) is 11.7 Å². The van der Waals surface area contributed by atoms with Crippen LogP contribution in [0.4, 0.5) is 15.8 Å². The van der Waals surface area contributed by atoms with Gasteiger partial charge in [-0.1, -0.05) is 29.8 Å². The van der Waals surface area contributed by atoms with Gasteiger partial charge in [-0.2, -0.15) is 0 Å². The van der Waals surface area contributed by atoms with Crippen LogP contribution in [0.25, 0.3) is 0 Å². The molecule has 126 valence electrons. The van der Waals surface area contributed by atoms with Gasteiger partial charge in [0.05, 0.1) is 0 Å². The van der Waals surface area contributed by atoms with Gasteiger partial charge < -0.3 is 10.6 Å². The van der Waals surface area contributed by atoms with Crippen molar-refractivity contribution in [3.8, 4) is 0 Å². The monoisotopic (exact) mass is 354 g/mol. The summed E-state index contributed by atoms with van der Waals surface area (Å²) in [4.78, 5) is 12.1. The fourth-order valence-corrected chi connectivity index (χ4v) is 2.44. The van der Waals surface area contributed by atoms with Crippen LogP contribution in [0.3, 0.4) is 0 Å². The van der Waals surface area contributed by atoms with E-state index in [1.807, 2.05) is 12.1 Å². The highest BCUT2D eigenvalue weighted by atomic mass is 35.5. The Balaban J connectivity index is 1.59. The third-order valence-electron chi connectivity index (χ3n) is 3.69. The largest absolute Gasteiger partial charge is 0.381 e. The maximum absolute atomic E-state index is 13.6. The van der Waals surface area contributed by atoms with Gasteiger partial charge in [0.1, 0.15) is 5.82 Å². The molecule has 0 atom stereocenters. The smallest absolute Gasteiger partial charge is 0.255 e. The Morgan fingerprint density at radius 2 is 1.52 bits per heavy atom. The Hall–Kier alpha value is -2.85. The molecule has 2 N–H and O–H groups in total. The number of halogens is 2. The summed E-state index contributed by atoms with van der Waals surface area (Å²) in [5.74, 6) is -0.439. The van der Waals surface area contributed by atoms with Crippen LogP contribution in [0.15, 0.2) is 72.8 Å². The topological polar surface area (TPSA) is 41.1 Å². The van der Waals surface area contributed by atoms with Crippen molar-refractivity contribution in [1.82, 2.24) is 0 Å². The second kappa shape index (κ2) is 7.81. The summed E-state index contributed by atoms with van der Waals surface area (Å²) in [5.41, 5.74) is 2.65. The highest BCUT2D eigenvalue weighted by molar-refractivity contribution is 6.30. The zero-order valence-electron chi connectivity index (χ0n) is 13.3. The summed E-state index contributed by atoms with van der Waals surface area (Å²) in [6.07, 6.45) is 0. The van der Waals surface area contributed by atoms with Crippen molar-refractivity contribution >= 4 is 28.9 Å². The normalized spacial score (nSPS) is 10.3. The Bertz CT molecular complexity index is 864. The van der Waals surface area contributed by atoms with Crippen LogP contribution >= 0.6 is 11.6 Å². The standard InChI is InChI=1S/C20H16ClFN2O/c21-16-7-5-14(6-8-16)20(25)24-18-11-9-17(10-12-18)23-13-15-3-1-2-4-19(15)22/h1-12,23H,13H2,(H,24,25). The molecule has 1 amide bonds. The van der Waals surface area contributed by atoms with E-state index in [9.17, 15) is 9.18 Å². The van der Waals surface area contributed by atoms with E-state index < -0.39 is 0 Å². The van der Waals surface area contributed by atoms with Crippen LogP contribution in [-0.2, 0) is 6.54 Å². The average molecular weight is 355 g/mol. The number of nitrogens with one attached hydrogen (secondary N) is 2. The molecule has 0 radical (unpaired) electrons. The first-order chi connectivity index (χ1) is 12.1. The first kappa shape index (κ1) is 17.0. The molecule has 0 heterocycles. The van der Waals surface area contributed by atoms with Gasteiger partial charge in [-0.05, 0) is 54.6 Å². The Labute approximate surface area is 150 Å². The third kappa shape index (κ3) is 4.58. The summed E-state index contributed by atoms with van der Waals surface area (Å²) >= 11 is 5.82. The molecular formula is C20H16ClFN2O. The van der Waals surface area contributed by atoms with E-state index in [4.69, 9.17) is 11.6 Å². The number of carbonyl (C=O) groups excluding carboxylic acids is 1. The van der Waals surface area contributed by atoms with Crippen LogP contribution < -0.4 is 10.6 Å². The molecule has 0 aliphatic heterocycles. The van der Waals surface area contributed by atoms with Crippen LogP contribution in [0.1, 0.15) is 15.9 Å². The fourth-order valence-electron chi connectivity index (χ4n) is 2.31. The molecule has 3 rings (SSSR count). The van der Waals surface area contributed by atoms with Crippen LogP contribution in [-0.4, -0.2) is 5.91 Å². The van der Waals surface area contributed by atoms with Gasteiger partial charge in [-0.25, -0.2) is 4.39 Å². The zero-order chi connectivity index (χ0) is 17.6. The van der Waals surface area contributed by atoms with Gasteiger partial charge in [0.15, 0.2) is 0 Å². The molecule has 3 nitrogen and oxygen atoms in total. The molecule has 0 spiro atoms. The van der Waals surface area contributed by atoms with Crippen LogP contribution in [0.5, 0.6) is 0 Å². The molecule has 3 aromatic carbocycles. The lowest BCUT2D eigenvalue weighted by Gasteiger charge is -2.09. The van der Waals surface area contributed by atoms with E-state index >= 15 is 0 Å². The van der Waals surface area contributed by atoms with E-state index in [0.717, 1.165) is 5.69 Å². The van der Waals surface area contributed by atoms with Crippen molar-refractivity contribution in [2.75, 3.05) is 10.6 Å². The first-order valence-electron chi connectivity index (χ1n) is 7.76. The lowest BCUT2D eigenvalue weighted by molar-refractivity contribution is 0.102. The number of hydrogen-bond donors (Lipinski definition) is 2. The van der Waals surface area contributed by atoms with Gasteiger partial charge in [-0.15, -0.1) is 0 Å². The first-order valence-corrected chi connectivity index (χ1v) is 8.14. The van der Waals surface area contributed by atoms with Gasteiger partial charge in [-0.3, -0.25) is 4.79 Å². The lowest BCUT2D eigenvalue weighted by atomic mass is 10.2. The minimum atomic E-state index is -0.234. The number of rotatable bonds is 5. The molecule has 3 aromatic rings. The number of carbonyl (C=O) groups is 1. The average Bonchev–Trinajstić information content (AvgIpc) is 2.63. The molecule has 5 heteroatoms. The molecule has 0 bridgehead atoms. The molecule has 0 aromatic heterocycles. The lowest BCUT2D eigenvalue weighted by Crippen LogP contribution is -2.11. The van der Waals surface area contributed by atoms with Crippen molar-refractivity contribution in [2.45, 2.75) is 6.54 Å². The second-order valence-corrected chi connectivity index (χ2v) is 5.92. The number of amides is 1. The summed E-state index contributed by atoms with van der Waals surface area (Å²) in [7, 11) is 0.